The van der Waals surface area contributed by atoms with Gasteiger partial charge in [-0.05, 0) is 25.6 Å². The van der Waals surface area contributed by atoms with Crippen molar-refractivity contribution in [3.63, 3.8) is 0 Å². The van der Waals surface area contributed by atoms with Gasteiger partial charge >= 0.3 is 0 Å². The van der Waals surface area contributed by atoms with Gasteiger partial charge in [-0.1, -0.05) is 6.07 Å². The molecule has 2 rings (SSSR count). The third kappa shape index (κ3) is 3.23. The second kappa shape index (κ2) is 6.02. The number of hydrogen-bond donors (Lipinski definition) is 2. The average molecular weight is 265 g/mol. The van der Waals surface area contributed by atoms with Crippen LogP contribution in [0.1, 0.15) is 18.9 Å². The fourth-order valence-corrected chi connectivity index (χ4v) is 2.58. The van der Waals surface area contributed by atoms with Crippen molar-refractivity contribution in [2.75, 3.05) is 25.0 Å². The molecule has 0 aliphatic carbocycles. The van der Waals surface area contributed by atoms with Gasteiger partial charge in [-0.3, -0.25) is 4.79 Å². The standard InChI is InChI=1S/C14H20FN3O/c1-10(19)17-11-6-7-18(9-11)14-5-3-4-13(15)12(14)8-16-2/h3-5,11,16H,6-9H2,1-2H3,(H,17,19). The molecule has 1 atom stereocenters. The van der Waals surface area contributed by atoms with Crippen LogP contribution < -0.4 is 15.5 Å². The Morgan fingerprint density at radius 1 is 1.53 bits per heavy atom. The van der Waals surface area contributed by atoms with Gasteiger partial charge in [0.1, 0.15) is 5.82 Å². The molecular formula is C14H20FN3O. The number of amides is 1. The molecule has 0 saturated carbocycles. The lowest BCUT2D eigenvalue weighted by Gasteiger charge is -2.22. The molecule has 4 nitrogen and oxygen atoms in total. The monoisotopic (exact) mass is 265 g/mol. The summed E-state index contributed by atoms with van der Waals surface area (Å²) >= 11 is 0. The lowest BCUT2D eigenvalue weighted by Crippen LogP contribution is -2.35. The van der Waals surface area contributed by atoms with Gasteiger partial charge in [-0.15, -0.1) is 0 Å². The predicted molar refractivity (Wildman–Crippen MR) is 73.6 cm³/mol. The van der Waals surface area contributed by atoms with Gasteiger partial charge in [0.2, 0.25) is 5.91 Å². The summed E-state index contributed by atoms with van der Waals surface area (Å²) in [6.07, 6.45) is 0.898. The number of halogens is 1. The molecule has 1 aliphatic heterocycles. The lowest BCUT2D eigenvalue weighted by atomic mass is 10.1. The molecule has 19 heavy (non-hydrogen) atoms. The van der Waals surface area contributed by atoms with Crippen LogP contribution in [0.5, 0.6) is 0 Å². The van der Waals surface area contributed by atoms with Gasteiger partial charge in [-0.2, -0.15) is 0 Å². The number of nitrogens with one attached hydrogen (secondary N) is 2. The van der Waals surface area contributed by atoms with Crippen LogP contribution in [0.3, 0.4) is 0 Å². The Morgan fingerprint density at radius 3 is 3.00 bits per heavy atom. The third-order valence-electron chi connectivity index (χ3n) is 3.38. The zero-order valence-corrected chi connectivity index (χ0v) is 11.4. The minimum Gasteiger partial charge on any atom is -0.369 e. The molecule has 0 bridgehead atoms. The van der Waals surface area contributed by atoms with Gasteiger partial charge in [0.05, 0.1) is 0 Å². The van der Waals surface area contributed by atoms with Crippen molar-refractivity contribution < 1.29 is 9.18 Å². The molecule has 5 heteroatoms. The predicted octanol–water partition coefficient (Wildman–Crippen LogP) is 1.26. The van der Waals surface area contributed by atoms with Crippen molar-refractivity contribution in [1.82, 2.24) is 10.6 Å². The quantitative estimate of drug-likeness (QED) is 0.861. The molecule has 0 spiro atoms. The Bertz CT molecular complexity index is 464. The first-order valence-corrected chi connectivity index (χ1v) is 6.56. The van der Waals surface area contributed by atoms with Crippen molar-refractivity contribution >= 4 is 11.6 Å². The van der Waals surface area contributed by atoms with Gasteiger partial charge in [0.25, 0.3) is 0 Å². The van der Waals surface area contributed by atoms with E-state index >= 15 is 0 Å². The van der Waals surface area contributed by atoms with E-state index in [9.17, 15) is 9.18 Å². The number of benzene rings is 1. The van der Waals surface area contributed by atoms with E-state index in [0.29, 0.717) is 12.1 Å². The van der Waals surface area contributed by atoms with E-state index < -0.39 is 0 Å². The second-order valence-electron chi connectivity index (χ2n) is 4.90. The van der Waals surface area contributed by atoms with Crippen molar-refractivity contribution in [3.05, 3.63) is 29.6 Å². The summed E-state index contributed by atoms with van der Waals surface area (Å²) in [5.74, 6) is -0.198. The molecule has 0 radical (unpaired) electrons. The molecule has 1 aliphatic rings. The maximum atomic E-state index is 13.9. The summed E-state index contributed by atoms with van der Waals surface area (Å²) < 4.78 is 13.9. The fourth-order valence-electron chi connectivity index (χ4n) is 2.58. The summed E-state index contributed by atoms with van der Waals surface area (Å²) in [6.45, 7) is 3.60. The highest BCUT2D eigenvalue weighted by Crippen LogP contribution is 2.26. The maximum Gasteiger partial charge on any atom is 0.217 e. The summed E-state index contributed by atoms with van der Waals surface area (Å²) in [4.78, 5) is 13.2. The maximum absolute atomic E-state index is 13.9. The average Bonchev–Trinajstić information content (AvgIpc) is 2.79. The van der Waals surface area contributed by atoms with Gasteiger partial charge in [-0.25, -0.2) is 4.39 Å². The number of anilines is 1. The molecule has 1 amide bonds. The van der Waals surface area contributed by atoms with Crippen molar-refractivity contribution in [2.45, 2.75) is 25.9 Å². The van der Waals surface area contributed by atoms with E-state index in [1.54, 1.807) is 13.1 Å². The van der Waals surface area contributed by atoms with Crippen molar-refractivity contribution in [3.8, 4) is 0 Å². The third-order valence-corrected chi connectivity index (χ3v) is 3.38. The molecule has 104 valence electrons. The van der Waals surface area contributed by atoms with E-state index in [-0.39, 0.29) is 17.8 Å². The molecule has 1 fully saturated rings. The Balaban J connectivity index is 2.14. The molecule has 2 N–H and O–H groups in total. The van der Waals surface area contributed by atoms with Gasteiger partial charge in [0, 0.05) is 43.9 Å². The van der Waals surface area contributed by atoms with E-state index in [4.69, 9.17) is 0 Å². The number of carbonyl (C=O) groups is 1. The molecule has 1 heterocycles. The van der Waals surface area contributed by atoms with E-state index in [1.165, 1.54) is 13.0 Å². The lowest BCUT2D eigenvalue weighted by molar-refractivity contribution is -0.119. The topological polar surface area (TPSA) is 44.4 Å². The fraction of sp³-hybridized carbons (Fsp3) is 0.500. The van der Waals surface area contributed by atoms with Crippen LogP contribution in [0.4, 0.5) is 10.1 Å². The van der Waals surface area contributed by atoms with Crippen LogP contribution in [0.25, 0.3) is 0 Å². The minimum absolute atomic E-state index is 0.0125. The Morgan fingerprint density at radius 2 is 2.32 bits per heavy atom. The molecule has 0 aromatic heterocycles. The van der Waals surface area contributed by atoms with Gasteiger partial charge < -0.3 is 15.5 Å². The largest absolute Gasteiger partial charge is 0.369 e. The molecule has 1 aromatic carbocycles. The first-order chi connectivity index (χ1) is 9.11. The van der Waals surface area contributed by atoms with E-state index in [0.717, 1.165) is 25.2 Å². The van der Waals surface area contributed by atoms with Crippen molar-refractivity contribution in [1.29, 1.82) is 0 Å². The summed E-state index contributed by atoms with van der Waals surface area (Å²) in [5, 5.41) is 5.91. The smallest absolute Gasteiger partial charge is 0.217 e. The SMILES string of the molecule is CNCc1c(F)cccc1N1CCC(NC(C)=O)C1. The number of rotatable bonds is 4. The number of carbonyl (C=O) groups excluding carboxylic acids is 1. The number of nitrogens with zero attached hydrogens (tertiary/aromatic N) is 1. The Labute approximate surface area is 113 Å². The highest BCUT2D eigenvalue weighted by atomic mass is 19.1. The Kier molecular flexibility index (Phi) is 4.37. The summed E-state index contributed by atoms with van der Waals surface area (Å²) in [6, 6.07) is 5.31. The summed E-state index contributed by atoms with van der Waals surface area (Å²) in [5.41, 5.74) is 1.61. The molecule has 1 aromatic rings. The van der Waals surface area contributed by atoms with E-state index in [2.05, 4.69) is 15.5 Å². The highest BCUT2D eigenvalue weighted by Gasteiger charge is 2.25. The van der Waals surface area contributed by atoms with Crippen LogP contribution in [0.15, 0.2) is 18.2 Å². The first kappa shape index (κ1) is 13.8. The summed E-state index contributed by atoms with van der Waals surface area (Å²) in [7, 11) is 1.81. The highest BCUT2D eigenvalue weighted by molar-refractivity contribution is 5.73. The van der Waals surface area contributed by atoms with Crippen LogP contribution in [-0.4, -0.2) is 32.1 Å². The zero-order valence-electron chi connectivity index (χ0n) is 11.4. The van der Waals surface area contributed by atoms with Crippen LogP contribution in [0, 0.1) is 5.82 Å². The second-order valence-corrected chi connectivity index (χ2v) is 4.90. The molecule has 1 saturated heterocycles. The van der Waals surface area contributed by atoms with Crippen molar-refractivity contribution in [2.24, 2.45) is 0 Å². The number of hydrogen-bond acceptors (Lipinski definition) is 3. The minimum atomic E-state index is -0.185. The van der Waals surface area contributed by atoms with E-state index in [1.807, 2.05) is 6.07 Å². The van der Waals surface area contributed by atoms with Crippen LogP contribution in [0.2, 0.25) is 0 Å². The first-order valence-electron chi connectivity index (χ1n) is 6.56. The zero-order chi connectivity index (χ0) is 13.8. The van der Waals surface area contributed by atoms with Crippen LogP contribution >= 0.6 is 0 Å². The van der Waals surface area contributed by atoms with Crippen LogP contribution in [-0.2, 0) is 11.3 Å². The normalized spacial score (nSPS) is 18.7. The molecular weight excluding hydrogens is 245 g/mol. The Hall–Kier alpha value is -1.62. The molecule has 1 unspecified atom stereocenters. The van der Waals surface area contributed by atoms with Gasteiger partial charge in [0.15, 0.2) is 0 Å².